The lowest BCUT2D eigenvalue weighted by Crippen LogP contribution is -2.53. The molecule has 4 fully saturated rings. The first-order chi connectivity index (χ1) is 30.9. The Bertz CT molecular complexity index is 2270. The molecular formula is C48H53N6O8P. The van der Waals surface area contributed by atoms with E-state index in [-0.39, 0.29) is 18.1 Å². The van der Waals surface area contributed by atoms with Gasteiger partial charge in [-0.3, -0.25) is 9.79 Å². The third-order valence-corrected chi connectivity index (χ3v) is 15.2. The maximum absolute atomic E-state index is 13.3. The molecule has 1 saturated carbocycles. The first kappa shape index (κ1) is 41.9. The minimum atomic E-state index is -1.44. The number of amides is 1. The SMILES string of the molecule is COc1ccc(C(OC[C@H]2O[C@@H](N3C=NC4C(NC(=O)c5ccccc5)=NC=NC43)[C@H](OC)[C@@H]2OP2OC3(CCCC3)[C@H]3CCCN32)(c2ccccc2)c2ccc(OC)cc2)cc1. The van der Waals surface area contributed by atoms with Gasteiger partial charge in [0.25, 0.3) is 14.4 Å². The number of aliphatic imine (C=N–C) groups is 3. The molecule has 0 radical (unpaired) electrons. The van der Waals surface area contributed by atoms with Crippen LogP contribution in [0.25, 0.3) is 0 Å². The Kier molecular flexibility index (Phi) is 11.9. The maximum atomic E-state index is 13.3. The van der Waals surface area contributed by atoms with Gasteiger partial charge in [-0.2, -0.15) is 0 Å². The van der Waals surface area contributed by atoms with Gasteiger partial charge in [0.1, 0.15) is 47.6 Å². The lowest BCUT2D eigenvalue weighted by atomic mass is 9.80. The second-order valence-electron chi connectivity index (χ2n) is 16.7. The highest BCUT2D eigenvalue weighted by molar-refractivity contribution is 7.45. The van der Waals surface area contributed by atoms with Gasteiger partial charge < -0.3 is 42.9 Å². The molecule has 1 aliphatic carbocycles. The number of benzene rings is 4. The average Bonchev–Trinajstić information content (AvgIpc) is 4.19. The standard InChI is InChI=1S/C48H53N6O8P/c1-56-36-22-18-34(19-23-36)48(33-15-8-5-9-16-33,35-20-24-37(57-2)25-21-35)59-29-38-41(61-63-54-28-12-17-39(54)47(62-63)26-10-11-27-47)42(58-3)46(60-38)53-31-51-40-43(49-30-50-44(40)53)52-45(55)32-13-6-4-7-14-32/h4-9,13-16,18-25,30-31,38-42,44,46H,10-12,17,26-29H2,1-3H3,(H,49,50,52,55)/t38-,39-,40?,41-,42-,44?,46-,63?/m1/s1. The van der Waals surface area contributed by atoms with Crippen molar-refractivity contribution >= 4 is 32.9 Å². The van der Waals surface area contributed by atoms with Crippen molar-refractivity contribution in [3.05, 3.63) is 131 Å². The molecular weight excluding hydrogens is 820 g/mol. The van der Waals surface area contributed by atoms with Crippen molar-refractivity contribution in [2.75, 3.05) is 34.5 Å². The van der Waals surface area contributed by atoms with E-state index in [0.717, 1.165) is 73.3 Å². The second-order valence-corrected chi connectivity index (χ2v) is 18.1. The minimum Gasteiger partial charge on any atom is -0.497 e. The summed E-state index contributed by atoms with van der Waals surface area (Å²) in [5, 5.41) is 2.98. The van der Waals surface area contributed by atoms with E-state index in [0.29, 0.717) is 17.4 Å². The molecule has 15 heteroatoms. The summed E-state index contributed by atoms with van der Waals surface area (Å²) in [6, 6.07) is 35.0. The highest BCUT2D eigenvalue weighted by Gasteiger charge is 2.60. The summed E-state index contributed by atoms with van der Waals surface area (Å²) >= 11 is 0. The molecule has 1 N–H and O–H groups in total. The second kappa shape index (κ2) is 17.8. The summed E-state index contributed by atoms with van der Waals surface area (Å²) < 4.78 is 49.1. The molecule has 4 aromatic carbocycles. The largest absolute Gasteiger partial charge is 0.497 e. The highest BCUT2D eigenvalue weighted by atomic mass is 31.2. The van der Waals surface area contributed by atoms with Gasteiger partial charge in [-0.15, -0.1) is 0 Å². The van der Waals surface area contributed by atoms with Gasteiger partial charge in [-0.05, 0) is 78.8 Å². The minimum absolute atomic E-state index is 0.105. The predicted molar refractivity (Wildman–Crippen MR) is 239 cm³/mol. The number of carbonyl (C=O) groups is 1. The summed E-state index contributed by atoms with van der Waals surface area (Å²) in [6.45, 7) is 1.03. The van der Waals surface area contributed by atoms with Crippen LogP contribution in [0, 0.1) is 0 Å². The zero-order valence-corrected chi connectivity index (χ0v) is 36.6. The molecule has 6 aliphatic rings. The van der Waals surface area contributed by atoms with Gasteiger partial charge in [0.15, 0.2) is 18.4 Å². The number of methoxy groups -OCH3 is 3. The molecule has 328 valence electrons. The fourth-order valence-electron chi connectivity index (χ4n) is 10.2. The number of rotatable bonds is 13. The number of nitrogens with zero attached hydrogens (tertiary/aromatic N) is 5. The fraction of sp³-hybridized carbons (Fsp3) is 0.417. The Balaban J connectivity index is 0.998. The van der Waals surface area contributed by atoms with Crippen molar-refractivity contribution in [3.8, 4) is 11.5 Å². The molecule has 63 heavy (non-hydrogen) atoms. The van der Waals surface area contributed by atoms with Crippen LogP contribution in [0.15, 0.2) is 124 Å². The van der Waals surface area contributed by atoms with Crippen LogP contribution >= 0.6 is 8.53 Å². The summed E-state index contributed by atoms with van der Waals surface area (Å²) in [5.41, 5.74) is 1.96. The average molecular weight is 873 g/mol. The van der Waals surface area contributed by atoms with Gasteiger partial charge >= 0.3 is 0 Å². The molecule has 0 bridgehead atoms. The first-order valence-electron chi connectivity index (χ1n) is 21.8. The Hall–Kier alpha value is -5.05. The number of fused-ring (bicyclic) bond motifs is 3. The van der Waals surface area contributed by atoms with E-state index in [1.807, 2.05) is 89.8 Å². The van der Waals surface area contributed by atoms with E-state index in [1.54, 1.807) is 39.8 Å². The molecule has 5 heterocycles. The van der Waals surface area contributed by atoms with E-state index in [9.17, 15) is 4.79 Å². The van der Waals surface area contributed by atoms with Crippen LogP contribution in [0.3, 0.4) is 0 Å². The monoisotopic (exact) mass is 872 g/mol. The van der Waals surface area contributed by atoms with E-state index in [2.05, 4.69) is 27.1 Å². The summed E-state index contributed by atoms with van der Waals surface area (Å²) in [5.74, 6) is 1.59. The number of carbonyl (C=O) groups excluding carboxylic acids is 1. The molecule has 3 saturated heterocycles. The molecule has 1 amide bonds. The normalized spacial score (nSPS) is 28.3. The van der Waals surface area contributed by atoms with Crippen LogP contribution < -0.4 is 14.8 Å². The van der Waals surface area contributed by atoms with Gasteiger partial charge in [0, 0.05) is 25.3 Å². The molecule has 8 atom stereocenters. The lowest BCUT2D eigenvalue weighted by Gasteiger charge is -2.37. The van der Waals surface area contributed by atoms with Crippen molar-refractivity contribution in [3.63, 3.8) is 0 Å². The summed E-state index contributed by atoms with van der Waals surface area (Å²) in [7, 11) is 3.57. The number of hydrogen-bond acceptors (Lipinski definition) is 13. The van der Waals surface area contributed by atoms with Crippen LogP contribution in [0.1, 0.15) is 65.6 Å². The number of hydrogen-bond donors (Lipinski definition) is 1. The van der Waals surface area contributed by atoms with Crippen molar-refractivity contribution in [1.82, 2.24) is 14.9 Å². The fourth-order valence-corrected chi connectivity index (χ4v) is 12.5. The smallest absolute Gasteiger partial charge is 0.260 e. The number of nitrogens with one attached hydrogen (secondary N) is 1. The van der Waals surface area contributed by atoms with Gasteiger partial charge in [-0.1, -0.05) is 85.6 Å². The summed E-state index contributed by atoms with van der Waals surface area (Å²) in [4.78, 5) is 29.3. The van der Waals surface area contributed by atoms with Gasteiger partial charge in [0.2, 0.25) is 0 Å². The Morgan fingerprint density at radius 2 is 1.48 bits per heavy atom. The van der Waals surface area contributed by atoms with Crippen LogP contribution in [0.4, 0.5) is 0 Å². The molecule has 3 unspecified atom stereocenters. The molecule has 0 aromatic heterocycles. The van der Waals surface area contributed by atoms with Gasteiger partial charge in [-0.25, -0.2) is 14.7 Å². The molecule has 1 spiro atoms. The van der Waals surface area contributed by atoms with Crippen molar-refractivity contribution in [2.45, 2.75) is 92.5 Å². The van der Waals surface area contributed by atoms with E-state index < -0.39 is 50.9 Å². The Morgan fingerprint density at radius 3 is 2.13 bits per heavy atom. The predicted octanol–water partition coefficient (Wildman–Crippen LogP) is 7.08. The van der Waals surface area contributed by atoms with E-state index >= 15 is 0 Å². The quantitative estimate of drug-likeness (QED) is 0.110. The lowest BCUT2D eigenvalue weighted by molar-refractivity contribution is -0.108. The van der Waals surface area contributed by atoms with Crippen LogP contribution in [0.5, 0.6) is 11.5 Å². The number of amidine groups is 1. The highest BCUT2D eigenvalue weighted by Crippen LogP contribution is 2.65. The Labute approximate surface area is 369 Å². The van der Waals surface area contributed by atoms with Crippen LogP contribution in [-0.2, 0) is 28.9 Å². The van der Waals surface area contributed by atoms with E-state index in [1.165, 1.54) is 6.34 Å². The molecule has 14 nitrogen and oxygen atoms in total. The van der Waals surface area contributed by atoms with Crippen molar-refractivity contribution < 1.29 is 37.5 Å². The Morgan fingerprint density at radius 1 is 0.825 bits per heavy atom. The third kappa shape index (κ3) is 7.65. The van der Waals surface area contributed by atoms with Crippen LogP contribution in [0.2, 0.25) is 0 Å². The molecule has 5 aliphatic heterocycles. The van der Waals surface area contributed by atoms with Crippen LogP contribution in [-0.4, -0.2) is 117 Å². The zero-order valence-electron chi connectivity index (χ0n) is 35.7. The number of ether oxygens (including phenoxy) is 5. The third-order valence-electron chi connectivity index (χ3n) is 13.4. The maximum Gasteiger partial charge on any atom is 0.260 e. The van der Waals surface area contributed by atoms with E-state index in [4.69, 9.17) is 42.7 Å². The van der Waals surface area contributed by atoms with Crippen molar-refractivity contribution in [1.29, 1.82) is 0 Å². The first-order valence-corrected chi connectivity index (χ1v) is 22.9. The molecule has 4 aromatic rings. The van der Waals surface area contributed by atoms with Crippen molar-refractivity contribution in [2.24, 2.45) is 15.0 Å². The zero-order chi connectivity index (χ0) is 43.0. The molecule has 10 rings (SSSR count). The summed E-state index contributed by atoms with van der Waals surface area (Å²) in [6.07, 6.45) is 6.68. The van der Waals surface area contributed by atoms with Gasteiger partial charge in [0.05, 0.1) is 32.8 Å². The topological polar surface area (TPSA) is 137 Å².